The third-order valence-electron chi connectivity index (χ3n) is 2.08. The molecule has 2 aromatic rings. The number of hydrogen-bond donors (Lipinski definition) is 2. The number of carboxylic acid groups (broad SMARTS) is 1. The van der Waals surface area contributed by atoms with Crippen LogP contribution in [0.4, 0.5) is 5.82 Å². The lowest BCUT2D eigenvalue weighted by Crippen LogP contribution is -2.08. The second-order valence-corrected chi connectivity index (χ2v) is 4.60. The molecule has 0 atom stereocenters. The van der Waals surface area contributed by atoms with Crippen molar-refractivity contribution >= 4 is 33.3 Å². The van der Waals surface area contributed by atoms with Crippen LogP contribution in [-0.2, 0) is 4.79 Å². The first-order valence-electron chi connectivity index (χ1n) is 4.83. The van der Waals surface area contributed by atoms with Gasteiger partial charge in [-0.05, 0) is 13.0 Å². The number of thiophene rings is 1. The molecule has 2 rings (SSSR count). The predicted octanol–water partition coefficient (Wildman–Crippen LogP) is 1.89. The maximum Gasteiger partial charge on any atom is 0.305 e. The van der Waals surface area contributed by atoms with Gasteiger partial charge in [-0.15, -0.1) is 11.3 Å². The van der Waals surface area contributed by atoms with Crippen LogP contribution in [0.1, 0.15) is 11.3 Å². The fourth-order valence-electron chi connectivity index (χ4n) is 1.40. The quantitative estimate of drug-likeness (QED) is 0.849. The van der Waals surface area contributed by atoms with Gasteiger partial charge in [0.1, 0.15) is 17.0 Å². The van der Waals surface area contributed by atoms with E-state index in [0.717, 1.165) is 15.1 Å². The summed E-state index contributed by atoms with van der Waals surface area (Å²) in [5, 5.41) is 12.5. The van der Waals surface area contributed by atoms with Gasteiger partial charge in [0.15, 0.2) is 0 Å². The van der Waals surface area contributed by atoms with Gasteiger partial charge in [0.2, 0.25) is 0 Å². The molecule has 5 nitrogen and oxygen atoms in total. The van der Waals surface area contributed by atoms with Gasteiger partial charge in [-0.2, -0.15) is 0 Å². The van der Waals surface area contributed by atoms with E-state index >= 15 is 0 Å². The smallest absolute Gasteiger partial charge is 0.305 e. The van der Waals surface area contributed by atoms with Crippen molar-refractivity contribution in [3.8, 4) is 0 Å². The lowest BCUT2D eigenvalue weighted by atomic mass is 10.3. The molecule has 0 aliphatic rings. The summed E-state index contributed by atoms with van der Waals surface area (Å²) in [6, 6.07) is 2.00. The molecule has 0 saturated carbocycles. The van der Waals surface area contributed by atoms with Crippen molar-refractivity contribution in [1.82, 2.24) is 9.97 Å². The second-order valence-electron chi connectivity index (χ2n) is 3.37. The highest BCUT2D eigenvalue weighted by Gasteiger charge is 2.06. The molecule has 6 heteroatoms. The Bertz CT molecular complexity index is 524. The molecule has 0 spiro atoms. The van der Waals surface area contributed by atoms with E-state index < -0.39 is 5.97 Å². The molecule has 0 amide bonds. The zero-order valence-corrected chi connectivity index (χ0v) is 9.54. The predicted molar refractivity (Wildman–Crippen MR) is 62.9 cm³/mol. The molecule has 2 heterocycles. The number of hydrogen-bond acceptors (Lipinski definition) is 5. The van der Waals surface area contributed by atoms with Gasteiger partial charge in [-0.1, -0.05) is 0 Å². The minimum Gasteiger partial charge on any atom is -0.481 e. The van der Waals surface area contributed by atoms with E-state index in [1.165, 1.54) is 6.33 Å². The number of aliphatic carboxylic acids is 1. The highest BCUT2D eigenvalue weighted by molar-refractivity contribution is 7.18. The van der Waals surface area contributed by atoms with Crippen LogP contribution < -0.4 is 5.32 Å². The largest absolute Gasteiger partial charge is 0.481 e. The van der Waals surface area contributed by atoms with Crippen LogP contribution in [0.5, 0.6) is 0 Å². The van der Waals surface area contributed by atoms with E-state index in [1.807, 2.05) is 13.0 Å². The fourth-order valence-corrected chi connectivity index (χ4v) is 2.25. The van der Waals surface area contributed by atoms with Crippen molar-refractivity contribution in [3.05, 3.63) is 17.3 Å². The van der Waals surface area contributed by atoms with Crippen LogP contribution in [0.25, 0.3) is 10.2 Å². The number of fused-ring (bicyclic) bond motifs is 1. The van der Waals surface area contributed by atoms with Crippen LogP contribution >= 0.6 is 11.3 Å². The van der Waals surface area contributed by atoms with E-state index in [2.05, 4.69) is 15.3 Å². The molecule has 0 bridgehead atoms. The van der Waals surface area contributed by atoms with Crippen molar-refractivity contribution in [2.24, 2.45) is 0 Å². The standard InChI is InChI=1S/C10H11N3O2S/c1-6-4-7-9(11-3-2-8(14)15)12-5-13-10(7)16-6/h4-5H,2-3H2,1H3,(H,14,15)(H,11,12,13). The van der Waals surface area contributed by atoms with Crippen LogP contribution in [0.2, 0.25) is 0 Å². The van der Waals surface area contributed by atoms with E-state index in [4.69, 9.17) is 5.11 Å². The van der Waals surface area contributed by atoms with Crippen molar-refractivity contribution < 1.29 is 9.90 Å². The summed E-state index contributed by atoms with van der Waals surface area (Å²) < 4.78 is 0. The number of anilines is 1. The summed E-state index contributed by atoms with van der Waals surface area (Å²) in [5.41, 5.74) is 0. The minimum atomic E-state index is -0.820. The van der Waals surface area contributed by atoms with E-state index in [1.54, 1.807) is 11.3 Å². The zero-order valence-electron chi connectivity index (χ0n) is 8.73. The normalized spacial score (nSPS) is 10.6. The van der Waals surface area contributed by atoms with Gasteiger partial charge < -0.3 is 10.4 Å². The number of aromatic nitrogens is 2. The Hall–Kier alpha value is -1.69. The molecule has 0 radical (unpaired) electrons. The van der Waals surface area contributed by atoms with Crippen molar-refractivity contribution in [2.45, 2.75) is 13.3 Å². The monoisotopic (exact) mass is 237 g/mol. The molecule has 0 aliphatic heterocycles. The lowest BCUT2D eigenvalue weighted by molar-refractivity contribution is -0.136. The topological polar surface area (TPSA) is 75.1 Å². The Morgan fingerprint density at radius 1 is 1.56 bits per heavy atom. The molecular weight excluding hydrogens is 226 g/mol. The Kier molecular flexibility index (Phi) is 3.00. The fraction of sp³-hybridized carbons (Fsp3) is 0.300. The number of rotatable bonds is 4. The molecular formula is C10H11N3O2S. The first kappa shape index (κ1) is 10.8. The number of carbonyl (C=O) groups is 1. The molecule has 0 aromatic carbocycles. The molecule has 0 unspecified atom stereocenters. The summed E-state index contributed by atoms with van der Waals surface area (Å²) >= 11 is 1.60. The summed E-state index contributed by atoms with van der Waals surface area (Å²) in [4.78, 5) is 20.7. The first-order chi connectivity index (χ1) is 7.66. The molecule has 16 heavy (non-hydrogen) atoms. The van der Waals surface area contributed by atoms with Crippen LogP contribution in [0, 0.1) is 6.92 Å². The van der Waals surface area contributed by atoms with Crippen LogP contribution in [0.3, 0.4) is 0 Å². The van der Waals surface area contributed by atoms with E-state index in [0.29, 0.717) is 12.4 Å². The first-order valence-corrected chi connectivity index (χ1v) is 5.65. The van der Waals surface area contributed by atoms with Gasteiger partial charge in [-0.25, -0.2) is 9.97 Å². The lowest BCUT2D eigenvalue weighted by Gasteiger charge is -2.03. The highest BCUT2D eigenvalue weighted by Crippen LogP contribution is 2.27. The summed E-state index contributed by atoms with van der Waals surface area (Å²) in [6.07, 6.45) is 1.57. The van der Waals surface area contributed by atoms with E-state index in [-0.39, 0.29) is 6.42 Å². The molecule has 2 aromatic heterocycles. The van der Waals surface area contributed by atoms with Gasteiger partial charge >= 0.3 is 5.97 Å². The Morgan fingerprint density at radius 2 is 2.38 bits per heavy atom. The summed E-state index contributed by atoms with van der Waals surface area (Å²) in [5.74, 6) is -0.116. The minimum absolute atomic E-state index is 0.0780. The Morgan fingerprint density at radius 3 is 3.12 bits per heavy atom. The maximum atomic E-state index is 10.4. The van der Waals surface area contributed by atoms with Crippen molar-refractivity contribution in [3.63, 3.8) is 0 Å². The molecule has 0 aliphatic carbocycles. The number of nitrogens with one attached hydrogen (secondary N) is 1. The average molecular weight is 237 g/mol. The zero-order chi connectivity index (χ0) is 11.5. The van der Waals surface area contributed by atoms with Crippen molar-refractivity contribution in [1.29, 1.82) is 0 Å². The van der Waals surface area contributed by atoms with E-state index in [9.17, 15) is 4.79 Å². The molecule has 0 fully saturated rings. The van der Waals surface area contributed by atoms with Crippen molar-refractivity contribution in [2.75, 3.05) is 11.9 Å². The average Bonchev–Trinajstić information content (AvgIpc) is 2.58. The third-order valence-corrected chi connectivity index (χ3v) is 3.04. The number of nitrogens with zero attached hydrogens (tertiary/aromatic N) is 2. The summed E-state index contributed by atoms with van der Waals surface area (Å²) in [7, 11) is 0. The van der Waals surface area contributed by atoms with Gasteiger partial charge in [-0.3, -0.25) is 4.79 Å². The Balaban J connectivity index is 2.20. The molecule has 0 saturated heterocycles. The molecule has 2 N–H and O–H groups in total. The Labute approximate surface area is 96.2 Å². The van der Waals surface area contributed by atoms with Gasteiger partial charge in [0.05, 0.1) is 11.8 Å². The SMILES string of the molecule is Cc1cc2c(NCCC(=O)O)ncnc2s1. The number of aryl methyl sites for hydroxylation is 1. The van der Waals surface area contributed by atoms with Crippen LogP contribution in [0.15, 0.2) is 12.4 Å². The van der Waals surface area contributed by atoms with Gasteiger partial charge in [0, 0.05) is 11.4 Å². The maximum absolute atomic E-state index is 10.4. The van der Waals surface area contributed by atoms with Gasteiger partial charge in [0.25, 0.3) is 0 Å². The second kappa shape index (κ2) is 4.44. The third kappa shape index (κ3) is 2.27. The highest BCUT2D eigenvalue weighted by atomic mass is 32.1. The van der Waals surface area contributed by atoms with Crippen LogP contribution in [-0.4, -0.2) is 27.6 Å². The summed E-state index contributed by atoms with van der Waals surface area (Å²) in [6.45, 7) is 2.38. The number of carboxylic acids is 1. The molecule has 84 valence electrons.